The highest BCUT2D eigenvalue weighted by Crippen LogP contribution is 2.23. The van der Waals surface area contributed by atoms with Gasteiger partial charge in [-0.15, -0.1) is 0 Å². The first-order chi connectivity index (χ1) is 8.11. The predicted molar refractivity (Wildman–Crippen MR) is 61.4 cm³/mol. The second-order valence-corrected chi connectivity index (χ2v) is 3.88. The third-order valence-electron chi connectivity index (χ3n) is 2.01. The number of nitrogens with two attached hydrogens (primary N) is 1. The summed E-state index contributed by atoms with van der Waals surface area (Å²) in [5, 5.41) is 0.358. The van der Waals surface area contributed by atoms with Crippen LogP contribution in [0.15, 0.2) is 23.4 Å². The summed E-state index contributed by atoms with van der Waals surface area (Å²) in [7, 11) is 0. The van der Waals surface area contributed by atoms with Crippen molar-refractivity contribution in [2.75, 3.05) is 12.0 Å². The molecule has 2 rings (SSSR count). The molecule has 0 unspecified atom stereocenters. The van der Waals surface area contributed by atoms with E-state index in [0.29, 0.717) is 5.16 Å². The second kappa shape index (κ2) is 4.62. The molecule has 0 bridgehead atoms. The van der Waals surface area contributed by atoms with Crippen molar-refractivity contribution in [2.24, 2.45) is 0 Å². The summed E-state index contributed by atoms with van der Waals surface area (Å²) in [6.07, 6.45) is 1.75. The maximum absolute atomic E-state index is 13.5. The number of rotatable bonds is 2. The number of hydrogen-bond acceptors (Lipinski definition) is 5. The van der Waals surface area contributed by atoms with Crippen LogP contribution in [0.2, 0.25) is 0 Å². The first-order valence-electron chi connectivity index (χ1n) is 4.61. The molecule has 7 heteroatoms. The molecule has 0 saturated heterocycles. The van der Waals surface area contributed by atoms with Crippen molar-refractivity contribution in [3.05, 3.63) is 29.8 Å². The number of benzene rings is 1. The molecule has 0 atom stereocenters. The topological polar surface area (TPSA) is 64.7 Å². The van der Waals surface area contributed by atoms with Gasteiger partial charge >= 0.3 is 0 Å². The Morgan fingerprint density at radius 1 is 1.18 bits per heavy atom. The summed E-state index contributed by atoms with van der Waals surface area (Å²) < 4.78 is 26.6. The fourth-order valence-electron chi connectivity index (χ4n) is 1.26. The Morgan fingerprint density at radius 2 is 1.94 bits per heavy atom. The number of anilines is 1. The monoisotopic (exact) mass is 254 g/mol. The van der Waals surface area contributed by atoms with Gasteiger partial charge in [-0.05, 0) is 18.4 Å². The zero-order valence-electron chi connectivity index (χ0n) is 8.82. The van der Waals surface area contributed by atoms with Gasteiger partial charge in [0.25, 0.3) is 0 Å². The van der Waals surface area contributed by atoms with Crippen molar-refractivity contribution < 1.29 is 8.78 Å². The molecular weight excluding hydrogens is 246 g/mol. The molecule has 1 heterocycles. The van der Waals surface area contributed by atoms with Crippen molar-refractivity contribution in [1.29, 1.82) is 0 Å². The number of thioether (sulfide) groups is 1. The maximum atomic E-state index is 13.5. The summed E-state index contributed by atoms with van der Waals surface area (Å²) in [6, 6.07) is 3.79. The zero-order valence-corrected chi connectivity index (χ0v) is 9.63. The van der Waals surface area contributed by atoms with Gasteiger partial charge < -0.3 is 5.73 Å². The van der Waals surface area contributed by atoms with Crippen molar-refractivity contribution in [2.45, 2.75) is 5.16 Å². The molecule has 2 N–H and O–H groups in total. The lowest BCUT2D eigenvalue weighted by Crippen LogP contribution is -2.02. The minimum atomic E-state index is -0.995. The van der Waals surface area contributed by atoms with Crippen LogP contribution in [0.4, 0.5) is 14.7 Å². The van der Waals surface area contributed by atoms with E-state index in [1.807, 2.05) is 0 Å². The van der Waals surface area contributed by atoms with Crippen LogP contribution >= 0.6 is 11.8 Å². The van der Waals surface area contributed by atoms with E-state index in [9.17, 15) is 8.78 Å². The van der Waals surface area contributed by atoms with Crippen molar-refractivity contribution in [1.82, 2.24) is 15.0 Å². The molecule has 2 aromatic rings. The highest BCUT2D eigenvalue weighted by atomic mass is 32.2. The fourth-order valence-corrected chi connectivity index (χ4v) is 1.62. The van der Waals surface area contributed by atoms with E-state index in [-0.39, 0.29) is 17.3 Å². The Morgan fingerprint density at radius 3 is 2.65 bits per heavy atom. The van der Waals surface area contributed by atoms with Crippen molar-refractivity contribution in [3.8, 4) is 11.4 Å². The third-order valence-corrected chi connectivity index (χ3v) is 2.55. The van der Waals surface area contributed by atoms with Crippen molar-refractivity contribution in [3.63, 3.8) is 0 Å². The van der Waals surface area contributed by atoms with E-state index >= 15 is 0 Å². The molecule has 0 amide bonds. The van der Waals surface area contributed by atoms with E-state index in [0.717, 1.165) is 6.07 Å². The summed E-state index contributed by atoms with van der Waals surface area (Å²) in [6.45, 7) is 0. The average Bonchev–Trinajstić information content (AvgIpc) is 2.31. The summed E-state index contributed by atoms with van der Waals surface area (Å²) >= 11 is 1.24. The molecule has 1 aromatic heterocycles. The number of nitrogens with zero attached hydrogens (tertiary/aromatic N) is 3. The van der Waals surface area contributed by atoms with Crippen LogP contribution in [0.1, 0.15) is 0 Å². The summed E-state index contributed by atoms with van der Waals surface area (Å²) in [4.78, 5) is 11.6. The van der Waals surface area contributed by atoms with E-state index in [1.54, 1.807) is 6.26 Å². The van der Waals surface area contributed by atoms with Crippen LogP contribution in [0.5, 0.6) is 0 Å². The summed E-state index contributed by atoms with van der Waals surface area (Å²) in [5.41, 5.74) is 5.44. The highest BCUT2D eigenvalue weighted by Gasteiger charge is 2.13. The minimum Gasteiger partial charge on any atom is -0.368 e. The van der Waals surface area contributed by atoms with Crippen LogP contribution in [0.3, 0.4) is 0 Å². The molecule has 0 radical (unpaired) electrons. The van der Waals surface area contributed by atoms with E-state index in [1.165, 1.54) is 23.9 Å². The predicted octanol–water partition coefficient (Wildman–Crippen LogP) is 2.12. The third kappa shape index (κ3) is 2.33. The van der Waals surface area contributed by atoms with Crippen LogP contribution in [-0.2, 0) is 0 Å². The average molecular weight is 254 g/mol. The molecule has 1 aromatic carbocycles. The molecule has 17 heavy (non-hydrogen) atoms. The quantitative estimate of drug-likeness (QED) is 0.831. The van der Waals surface area contributed by atoms with Gasteiger partial charge in [-0.25, -0.2) is 13.8 Å². The number of hydrogen-bond donors (Lipinski definition) is 1. The normalized spacial score (nSPS) is 10.5. The van der Waals surface area contributed by atoms with Crippen LogP contribution < -0.4 is 5.73 Å². The number of aromatic nitrogens is 3. The van der Waals surface area contributed by atoms with E-state index in [2.05, 4.69) is 15.0 Å². The maximum Gasteiger partial charge on any atom is 0.224 e. The Balaban J connectivity index is 2.60. The van der Waals surface area contributed by atoms with E-state index in [4.69, 9.17) is 5.73 Å². The lowest BCUT2D eigenvalue weighted by Gasteiger charge is -2.04. The van der Waals surface area contributed by atoms with Crippen LogP contribution in [-0.4, -0.2) is 21.2 Å². The van der Waals surface area contributed by atoms with Gasteiger partial charge in [0.2, 0.25) is 5.95 Å². The van der Waals surface area contributed by atoms with Gasteiger partial charge in [0, 0.05) is 0 Å². The Bertz CT molecular complexity index is 562. The first-order valence-corrected chi connectivity index (χ1v) is 5.84. The number of nitrogen functional groups attached to an aromatic ring is 1. The number of halogens is 2. The Labute approximate surface area is 100 Å². The minimum absolute atomic E-state index is 0.0250. The standard InChI is InChI=1S/C10H8F2N4S/c1-17-10-15-8(14-9(13)16-10)5-3-2-4-6(11)7(5)12/h2-4H,1H3,(H2,13,14,15,16). The molecule has 0 aliphatic carbocycles. The largest absolute Gasteiger partial charge is 0.368 e. The highest BCUT2D eigenvalue weighted by molar-refractivity contribution is 7.98. The smallest absolute Gasteiger partial charge is 0.224 e. The SMILES string of the molecule is CSc1nc(N)nc(-c2cccc(F)c2F)n1. The molecule has 0 saturated carbocycles. The molecule has 88 valence electrons. The van der Waals surface area contributed by atoms with Gasteiger partial charge in [-0.2, -0.15) is 9.97 Å². The lowest BCUT2D eigenvalue weighted by molar-refractivity contribution is 0.510. The second-order valence-electron chi connectivity index (χ2n) is 3.11. The summed E-state index contributed by atoms with van der Waals surface area (Å²) in [5.74, 6) is -1.95. The molecule has 4 nitrogen and oxygen atoms in total. The Kier molecular flexibility index (Phi) is 3.19. The van der Waals surface area contributed by atoms with Gasteiger partial charge in [-0.3, -0.25) is 0 Å². The molecule has 0 fully saturated rings. The first kappa shape index (κ1) is 11.7. The Hall–Kier alpha value is -1.76. The van der Waals surface area contributed by atoms with Crippen molar-refractivity contribution >= 4 is 17.7 Å². The molecule has 0 aliphatic heterocycles. The molecule has 0 spiro atoms. The molecular formula is C10H8F2N4S. The van der Waals surface area contributed by atoms with E-state index < -0.39 is 11.6 Å². The molecule has 0 aliphatic rings. The van der Waals surface area contributed by atoms with Gasteiger partial charge in [0.15, 0.2) is 22.6 Å². The van der Waals surface area contributed by atoms with Crippen LogP contribution in [0, 0.1) is 11.6 Å². The fraction of sp³-hybridized carbons (Fsp3) is 0.100. The van der Waals surface area contributed by atoms with Gasteiger partial charge in [0.05, 0.1) is 5.56 Å². The van der Waals surface area contributed by atoms with Gasteiger partial charge in [-0.1, -0.05) is 17.8 Å². The lowest BCUT2D eigenvalue weighted by atomic mass is 10.2. The zero-order chi connectivity index (χ0) is 12.4. The van der Waals surface area contributed by atoms with Gasteiger partial charge in [0.1, 0.15) is 0 Å². The van der Waals surface area contributed by atoms with Crippen LogP contribution in [0.25, 0.3) is 11.4 Å².